The Morgan fingerprint density at radius 1 is 0.909 bits per heavy atom. The number of hydrogen-bond acceptors (Lipinski definition) is 8. The summed E-state index contributed by atoms with van der Waals surface area (Å²) in [5.41, 5.74) is 1.35. The van der Waals surface area contributed by atoms with E-state index in [0.717, 1.165) is 5.56 Å². The number of rotatable bonds is 19. The van der Waals surface area contributed by atoms with Crippen molar-refractivity contribution in [2.24, 2.45) is 5.92 Å². The molecule has 2 aromatic rings. The van der Waals surface area contributed by atoms with Crippen LogP contribution >= 0.6 is 0 Å². The van der Waals surface area contributed by atoms with E-state index in [4.69, 9.17) is 14.2 Å². The minimum absolute atomic E-state index is 0.0138. The number of nitrogens with one attached hydrogen (secondary N) is 3. The standard InChI is InChI=1S/C33H43N3O8/c1-5-13-26(19-29(38)34-23(3)20-37)31(39)35-28(22-42-4)30(25-17-11-8-12-18-25)44-32(40)27(14-6-2)36-33(41)43-21-24-15-9-7-10-16-24/h5-12,15-18,23,26-28,30,37H,1-2,13-14,19-22H2,3-4H3,(H,34,38)(H,35,39)(H,36,41). The van der Waals surface area contributed by atoms with Gasteiger partial charge in [-0.25, -0.2) is 9.59 Å². The minimum atomic E-state index is -1.12. The zero-order valence-electron chi connectivity index (χ0n) is 25.3. The van der Waals surface area contributed by atoms with Crippen LogP contribution in [0.25, 0.3) is 0 Å². The van der Waals surface area contributed by atoms with Crippen molar-refractivity contribution in [3.8, 4) is 0 Å². The minimum Gasteiger partial charge on any atom is -0.454 e. The maximum atomic E-state index is 13.5. The van der Waals surface area contributed by atoms with E-state index in [9.17, 15) is 24.3 Å². The van der Waals surface area contributed by atoms with Gasteiger partial charge in [0.15, 0.2) is 0 Å². The molecule has 5 unspecified atom stereocenters. The SMILES string of the molecule is C=CCC(CC(=O)NC(C)CO)C(=O)NC(COC)C(OC(=O)C(CC=C)NC(=O)OCc1ccccc1)c1ccccc1. The van der Waals surface area contributed by atoms with E-state index in [1.807, 2.05) is 18.2 Å². The lowest BCUT2D eigenvalue weighted by Crippen LogP contribution is -2.49. The molecule has 0 radical (unpaired) electrons. The molecule has 238 valence electrons. The summed E-state index contributed by atoms with van der Waals surface area (Å²) >= 11 is 0. The van der Waals surface area contributed by atoms with E-state index >= 15 is 0 Å². The molecule has 0 spiro atoms. The fourth-order valence-corrected chi connectivity index (χ4v) is 4.29. The number of esters is 1. The molecule has 0 aliphatic heterocycles. The lowest BCUT2D eigenvalue weighted by Gasteiger charge is -2.30. The van der Waals surface area contributed by atoms with Gasteiger partial charge in [0, 0.05) is 19.6 Å². The fraction of sp³-hybridized carbons (Fsp3) is 0.394. The Labute approximate surface area is 258 Å². The van der Waals surface area contributed by atoms with E-state index in [1.54, 1.807) is 49.4 Å². The molecule has 0 saturated heterocycles. The first kappa shape index (κ1) is 35.7. The van der Waals surface area contributed by atoms with Gasteiger partial charge < -0.3 is 35.3 Å². The van der Waals surface area contributed by atoms with Gasteiger partial charge in [-0.05, 0) is 30.9 Å². The second-order valence-electron chi connectivity index (χ2n) is 10.2. The first-order valence-electron chi connectivity index (χ1n) is 14.4. The third kappa shape index (κ3) is 12.4. The van der Waals surface area contributed by atoms with Crippen LogP contribution in [0.4, 0.5) is 4.79 Å². The van der Waals surface area contributed by atoms with Gasteiger partial charge in [0.05, 0.1) is 25.2 Å². The zero-order valence-corrected chi connectivity index (χ0v) is 25.3. The highest BCUT2D eigenvalue weighted by Crippen LogP contribution is 2.24. The number of benzene rings is 2. The quantitative estimate of drug-likeness (QED) is 0.140. The van der Waals surface area contributed by atoms with Gasteiger partial charge in [-0.3, -0.25) is 9.59 Å². The van der Waals surface area contributed by atoms with Crippen molar-refractivity contribution in [2.75, 3.05) is 20.3 Å². The molecule has 44 heavy (non-hydrogen) atoms. The van der Waals surface area contributed by atoms with Gasteiger partial charge in [-0.2, -0.15) is 0 Å². The molecule has 2 rings (SSSR count). The third-order valence-corrected chi connectivity index (χ3v) is 6.54. The van der Waals surface area contributed by atoms with Crippen LogP contribution in [0.15, 0.2) is 86.0 Å². The molecular weight excluding hydrogens is 566 g/mol. The Kier molecular flexibility index (Phi) is 16.0. The summed E-state index contributed by atoms with van der Waals surface area (Å²) in [5.74, 6) is -2.42. The van der Waals surface area contributed by atoms with Crippen molar-refractivity contribution in [3.05, 3.63) is 97.1 Å². The van der Waals surface area contributed by atoms with Crippen LogP contribution in [0, 0.1) is 5.92 Å². The maximum Gasteiger partial charge on any atom is 0.408 e. The molecule has 0 aliphatic rings. The summed E-state index contributed by atoms with van der Waals surface area (Å²) in [7, 11) is 1.44. The van der Waals surface area contributed by atoms with Gasteiger partial charge in [0.25, 0.3) is 0 Å². The molecule has 0 aliphatic carbocycles. The van der Waals surface area contributed by atoms with Crippen molar-refractivity contribution in [3.63, 3.8) is 0 Å². The third-order valence-electron chi connectivity index (χ3n) is 6.54. The molecule has 0 aromatic heterocycles. The van der Waals surface area contributed by atoms with E-state index in [-0.39, 0.29) is 39.1 Å². The van der Waals surface area contributed by atoms with E-state index in [1.165, 1.54) is 19.3 Å². The molecule has 11 heteroatoms. The van der Waals surface area contributed by atoms with Gasteiger partial charge in [-0.1, -0.05) is 72.8 Å². The van der Waals surface area contributed by atoms with Crippen molar-refractivity contribution in [1.29, 1.82) is 0 Å². The summed E-state index contributed by atoms with van der Waals surface area (Å²) in [4.78, 5) is 51.9. The summed E-state index contributed by atoms with van der Waals surface area (Å²) in [5, 5.41) is 17.3. The van der Waals surface area contributed by atoms with E-state index in [2.05, 4.69) is 29.1 Å². The van der Waals surface area contributed by atoms with Crippen LogP contribution in [-0.4, -0.2) is 67.4 Å². The number of alkyl carbamates (subject to hydrolysis) is 1. The number of methoxy groups -OCH3 is 1. The predicted molar refractivity (Wildman–Crippen MR) is 165 cm³/mol. The molecule has 11 nitrogen and oxygen atoms in total. The van der Waals surface area contributed by atoms with Crippen LogP contribution in [0.5, 0.6) is 0 Å². The average Bonchev–Trinajstić information content (AvgIpc) is 3.02. The molecule has 3 amide bonds. The van der Waals surface area contributed by atoms with Crippen LogP contribution in [-0.2, 0) is 35.2 Å². The second kappa shape index (κ2) is 19.7. The molecule has 0 heterocycles. The number of aliphatic hydroxyl groups is 1. The summed E-state index contributed by atoms with van der Waals surface area (Å²) in [6, 6.07) is 15.4. The van der Waals surface area contributed by atoms with Gasteiger partial charge in [0.2, 0.25) is 11.8 Å². The Balaban J connectivity index is 2.23. The topological polar surface area (TPSA) is 152 Å². The fourth-order valence-electron chi connectivity index (χ4n) is 4.29. The average molecular weight is 610 g/mol. The molecule has 0 fully saturated rings. The van der Waals surface area contributed by atoms with Crippen LogP contribution in [0.1, 0.15) is 43.4 Å². The second-order valence-corrected chi connectivity index (χ2v) is 10.2. The highest BCUT2D eigenvalue weighted by atomic mass is 16.6. The molecule has 2 aromatic carbocycles. The van der Waals surface area contributed by atoms with Crippen molar-refractivity contribution in [1.82, 2.24) is 16.0 Å². The smallest absolute Gasteiger partial charge is 0.408 e. The van der Waals surface area contributed by atoms with Crippen LogP contribution in [0.3, 0.4) is 0 Å². The number of ether oxygens (including phenoxy) is 3. The first-order chi connectivity index (χ1) is 21.2. The molecular formula is C33H43N3O8. The maximum absolute atomic E-state index is 13.5. The van der Waals surface area contributed by atoms with Gasteiger partial charge >= 0.3 is 12.1 Å². The molecule has 0 saturated carbocycles. The molecule has 4 N–H and O–H groups in total. The monoisotopic (exact) mass is 609 g/mol. The molecule has 0 bridgehead atoms. The van der Waals surface area contributed by atoms with Crippen molar-refractivity contribution < 1.29 is 38.5 Å². The number of amides is 3. The van der Waals surface area contributed by atoms with Gasteiger partial charge in [0.1, 0.15) is 18.8 Å². The number of aliphatic hydroxyl groups excluding tert-OH is 1. The number of hydrogen-bond donors (Lipinski definition) is 4. The van der Waals surface area contributed by atoms with E-state index < -0.39 is 54.0 Å². The normalized spacial score (nSPS) is 14.1. The Morgan fingerprint density at radius 3 is 2.14 bits per heavy atom. The summed E-state index contributed by atoms with van der Waals surface area (Å²) < 4.78 is 16.6. The van der Waals surface area contributed by atoms with Gasteiger partial charge in [-0.15, -0.1) is 13.2 Å². The van der Waals surface area contributed by atoms with Crippen LogP contribution < -0.4 is 16.0 Å². The lowest BCUT2D eigenvalue weighted by molar-refractivity contribution is -0.155. The Bertz CT molecular complexity index is 1210. The highest BCUT2D eigenvalue weighted by Gasteiger charge is 2.33. The van der Waals surface area contributed by atoms with Crippen LogP contribution in [0.2, 0.25) is 0 Å². The summed E-state index contributed by atoms with van der Waals surface area (Å²) in [6.45, 7) is 8.76. The molecule has 5 atom stereocenters. The first-order valence-corrected chi connectivity index (χ1v) is 14.4. The zero-order chi connectivity index (χ0) is 32.3. The Morgan fingerprint density at radius 2 is 1.55 bits per heavy atom. The predicted octanol–water partition coefficient (Wildman–Crippen LogP) is 3.35. The highest BCUT2D eigenvalue weighted by molar-refractivity contribution is 5.86. The Hall–Kier alpha value is -4.48. The van der Waals surface area contributed by atoms with E-state index in [0.29, 0.717) is 5.56 Å². The lowest BCUT2D eigenvalue weighted by atomic mass is 9.97. The van der Waals surface area contributed by atoms with Crippen molar-refractivity contribution in [2.45, 2.75) is 57.0 Å². The van der Waals surface area contributed by atoms with Crippen molar-refractivity contribution >= 4 is 23.9 Å². The number of carbonyl (C=O) groups excluding carboxylic acids is 4. The largest absolute Gasteiger partial charge is 0.454 e. The number of allylic oxidation sites excluding steroid dienone is 1. The number of carbonyl (C=O) groups is 4. The summed E-state index contributed by atoms with van der Waals surface area (Å²) in [6.07, 6.45) is 1.30.